The van der Waals surface area contributed by atoms with Gasteiger partial charge in [-0.3, -0.25) is 9.48 Å². The summed E-state index contributed by atoms with van der Waals surface area (Å²) in [6, 6.07) is 8.04. The fourth-order valence-electron chi connectivity index (χ4n) is 3.82. The van der Waals surface area contributed by atoms with Gasteiger partial charge in [-0.1, -0.05) is 18.2 Å². The van der Waals surface area contributed by atoms with Crippen molar-refractivity contribution in [3.63, 3.8) is 0 Å². The second-order valence-corrected chi connectivity index (χ2v) is 7.62. The molecule has 10 heteroatoms. The number of rotatable bonds is 8. The molecule has 0 atom stereocenters. The molecule has 2 aromatic rings. The van der Waals surface area contributed by atoms with E-state index in [1.165, 1.54) is 4.68 Å². The lowest BCUT2D eigenvalue weighted by atomic mass is 10.0. The summed E-state index contributed by atoms with van der Waals surface area (Å²) in [5, 5.41) is 12.7. The Balaban J connectivity index is 1.76. The van der Waals surface area contributed by atoms with Crippen LogP contribution in [0.25, 0.3) is 0 Å². The maximum Gasteiger partial charge on any atom is 0.435 e. The first-order valence-corrected chi connectivity index (χ1v) is 10.4. The van der Waals surface area contributed by atoms with E-state index in [0.717, 1.165) is 43.5 Å². The van der Waals surface area contributed by atoms with E-state index in [0.29, 0.717) is 12.8 Å². The third-order valence-electron chi connectivity index (χ3n) is 5.57. The van der Waals surface area contributed by atoms with Gasteiger partial charge < -0.3 is 20.9 Å². The van der Waals surface area contributed by atoms with Gasteiger partial charge in [0.25, 0.3) is 5.91 Å². The van der Waals surface area contributed by atoms with Crippen molar-refractivity contribution in [3.05, 3.63) is 47.3 Å². The number of carbonyl (C=O) groups excluding carboxylic acids is 1. The number of nitrogens with one attached hydrogen (secondary N) is 3. The molecule has 0 bridgehead atoms. The Morgan fingerprint density at radius 2 is 1.90 bits per heavy atom. The van der Waals surface area contributed by atoms with E-state index in [-0.39, 0.29) is 18.3 Å². The molecule has 0 radical (unpaired) electrons. The van der Waals surface area contributed by atoms with Crippen molar-refractivity contribution in [2.24, 2.45) is 0 Å². The standard InChI is InChI=1S/C21H29F3N6O/c1-25-9-12-29-10-7-16(8-11-29)30-18(13-19(28-30)21(22,23)24)20(31)27-14-15-5-3-4-6-17(15)26-2/h3-6,13,16,25-26H,7-12,14H2,1-2H3,(H,27,31). The van der Waals surface area contributed by atoms with Gasteiger partial charge in [0.05, 0.1) is 6.04 Å². The average Bonchev–Trinajstić information content (AvgIpc) is 3.23. The van der Waals surface area contributed by atoms with E-state index in [1.54, 1.807) is 7.05 Å². The lowest BCUT2D eigenvalue weighted by Crippen LogP contribution is -2.39. The molecule has 0 spiro atoms. The van der Waals surface area contributed by atoms with Crippen molar-refractivity contribution in [1.29, 1.82) is 0 Å². The van der Waals surface area contributed by atoms with Crippen LogP contribution in [-0.4, -0.2) is 60.9 Å². The number of hydrogen-bond acceptors (Lipinski definition) is 5. The normalized spacial score (nSPS) is 15.8. The number of benzene rings is 1. The van der Waals surface area contributed by atoms with Gasteiger partial charge in [0.1, 0.15) is 5.69 Å². The van der Waals surface area contributed by atoms with Crippen molar-refractivity contribution in [2.45, 2.75) is 31.6 Å². The number of hydrogen-bond donors (Lipinski definition) is 3. The van der Waals surface area contributed by atoms with Gasteiger partial charge in [-0.25, -0.2) is 0 Å². The zero-order chi connectivity index (χ0) is 22.4. The molecule has 0 unspecified atom stereocenters. The molecular formula is C21H29F3N6O. The van der Waals surface area contributed by atoms with Crippen LogP contribution in [0.4, 0.5) is 18.9 Å². The molecule has 1 amide bonds. The van der Waals surface area contributed by atoms with Crippen LogP contribution >= 0.6 is 0 Å². The van der Waals surface area contributed by atoms with Crippen molar-refractivity contribution in [1.82, 2.24) is 25.3 Å². The average molecular weight is 438 g/mol. The number of para-hydroxylation sites is 1. The third kappa shape index (κ3) is 5.76. The fraction of sp³-hybridized carbons (Fsp3) is 0.524. The predicted octanol–water partition coefficient (Wildman–Crippen LogP) is 2.73. The molecular weight excluding hydrogens is 409 g/mol. The monoisotopic (exact) mass is 438 g/mol. The number of halogens is 3. The van der Waals surface area contributed by atoms with Gasteiger partial charge >= 0.3 is 6.18 Å². The Bertz CT molecular complexity index is 874. The molecule has 1 saturated heterocycles. The highest BCUT2D eigenvalue weighted by Gasteiger charge is 2.37. The van der Waals surface area contributed by atoms with E-state index in [9.17, 15) is 18.0 Å². The van der Waals surface area contributed by atoms with E-state index in [1.807, 2.05) is 31.3 Å². The molecule has 7 nitrogen and oxygen atoms in total. The van der Waals surface area contributed by atoms with Gasteiger partial charge in [-0.2, -0.15) is 18.3 Å². The van der Waals surface area contributed by atoms with Crippen LogP contribution in [0.1, 0.15) is 40.6 Å². The number of aromatic nitrogens is 2. The SMILES string of the molecule is CNCCN1CCC(n2nc(C(F)(F)F)cc2C(=O)NCc2ccccc2NC)CC1. The Hall–Kier alpha value is -2.59. The first kappa shape index (κ1) is 23.1. The topological polar surface area (TPSA) is 74.2 Å². The minimum Gasteiger partial charge on any atom is -0.388 e. The Morgan fingerprint density at radius 3 is 2.55 bits per heavy atom. The van der Waals surface area contributed by atoms with E-state index in [2.05, 4.69) is 25.9 Å². The molecule has 1 aromatic heterocycles. The van der Waals surface area contributed by atoms with Crippen molar-refractivity contribution < 1.29 is 18.0 Å². The number of anilines is 1. The molecule has 31 heavy (non-hydrogen) atoms. The predicted molar refractivity (Wildman–Crippen MR) is 113 cm³/mol. The van der Waals surface area contributed by atoms with Crippen LogP contribution in [-0.2, 0) is 12.7 Å². The van der Waals surface area contributed by atoms with Gasteiger partial charge in [0.2, 0.25) is 0 Å². The molecule has 0 aliphatic carbocycles. The number of amides is 1. The van der Waals surface area contributed by atoms with Crippen LogP contribution in [0.5, 0.6) is 0 Å². The number of carbonyl (C=O) groups is 1. The van der Waals surface area contributed by atoms with E-state index >= 15 is 0 Å². The van der Waals surface area contributed by atoms with E-state index in [4.69, 9.17) is 0 Å². The summed E-state index contributed by atoms with van der Waals surface area (Å²) < 4.78 is 41.3. The lowest BCUT2D eigenvalue weighted by Gasteiger charge is -2.32. The summed E-state index contributed by atoms with van der Waals surface area (Å²) in [7, 11) is 3.66. The summed E-state index contributed by atoms with van der Waals surface area (Å²) in [4.78, 5) is 15.1. The smallest absolute Gasteiger partial charge is 0.388 e. The highest BCUT2D eigenvalue weighted by atomic mass is 19.4. The molecule has 1 aliphatic heterocycles. The van der Waals surface area contributed by atoms with Crippen LogP contribution in [0.2, 0.25) is 0 Å². The highest BCUT2D eigenvalue weighted by Crippen LogP contribution is 2.31. The second kappa shape index (κ2) is 10.1. The molecule has 1 fully saturated rings. The van der Waals surface area contributed by atoms with Gasteiger partial charge in [-0.15, -0.1) is 0 Å². The zero-order valence-corrected chi connectivity index (χ0v) is 17.8. The van der Waals surface area contributed by atoms with Crippen LogP contribution in [0, 0.1) is 0 Å². The molecule has 0 saturated carbocycles. The number of alkyl halides is 3. The van der Waals surface area contributed by atoms with Crippen molar-refractivity contribution >= 4 is 11.6 Å². The second-order valence-electron chi connectivity index (χ2n) is 7.62. The maximum absolute atomic E-state index is 13.3. The van der Waals surface area contributed by atoms with Crippen molar-refractivity contribution in [3.8, 4) is 0 Å². The van der Waals surface area contributed by atoms with Gasteiger partial charge in [0.15, 0.2) is 5.69 Å². The summed E-state index contributed by atoms with van der Waals surface area (Å²) in [5.74, 6) is -0.563. The number of nitrogens with zero attached hydrogens (tertiary/aromatic N) is 3. The third-order valence-corrected chi connectivity index (χ3v) is 5.57. The molecule has 3 N–H and O–H groups in total. The fourth-order valence-corrected chi connectivity index (χ4v) is 3.82. The number of likely N-dealkylation sites (N-methyl/N-ethyl adjacent to an activating group) is 1. The summed E-state index contributed by atoms with van der Waals surface area (Å²) in [5.41, 5.74) is 0.605. The zero-order valence-electron chi connectivity index (χ0n) is 17.8. The Kier molecular flexibility index (Phi) is 7.55. The largest absolute Gasteiger partial charge is 0.435 e. The molecule has 170 valence electrons. The van der Waals surface area contributed by atoms with Gasteiger partial charge in [0, 0.05) is 51.5 Å². The number of likely N-dealkylation sites (tertiary alicyclic amines) is 1. The lowest BCUT2D eigenvalue weighted by molar-refractivity contribution is -0.141. The Morgan fingerprint density at radius 1 is 1.19 bits per heavy atom. The Labute approximate surface area is 180 Å². The van der Waals surface area contributed by atoms with E-state index < -0.39 is 17.8 Å². The van der Waals surface area contributed by atoms with Crippen molar-refractivity contribution in [2.75, 3.05) is 45.6 Å². The minimum atomic E-state index is -4.60. The molecule has 1 aliphatic rings. The summed E-state index contributed by atoms with van der Waals surface area (Å²) in [6.45, 7) is 3.44. The molecule has 1 aromatic carbocycles. The van der Waals surface area contributed by atoms with Crippen LogP contribution in [0.15, 0.2) is 30.3 Å². The molecule has 3 rings (SSSR count). The first-order valence-electron chi connectivity index (χ1n) is 10.4. The minimum absolute atomic E-state index is 0.0528. The first-order chi connectivity index (χ1) is 14.8. The van der Waals surface area contributed by atoms with Gasteiger partial charge in [-0.05, 0) is 31.5 Å². The quantitative estimate of drug-likeness (QED) is 0.591. The van der Waals surface area contributed by atoms with Crippen LogP contribution < -0.4 is 16.0 Å². The molecule has 2 heterocycles. The highest BCUT2D eigenvalue weighted by molar-refractivity contribution is 5.92. The summed E-state index contributed by atoms with van der Waals surface area (Å²) in [6.07, 6.45) is -3.32. The summed E-state index contributed by atoms with van der Waals surface area (Å²) >= 11 is 0. The van der Waals surface area contributed by atoms with Crippen LogP contribution in [0.3, 0.4) is 0 Å². The maximum atomic E-state index is 13.3. The number of piperidine rings is 1.